The first kappa shape index (κ1) is 19.3. The van der Waals surface area contributed by atoms with Crippen LogP contribution < -0.4 is 5.32 Å². The van der Waals surface area contributed by atoms with Gasteiger partial charge in [-0.15, -0.1) is 0 Å². The van der Waals surface area contributed by atoms with Gasteiger partial charge in [0.1, 0.15) is 11.9 Å². The number of rotatable bonds is 6. The van der Waals surface area contributed by atoms with Crippen molar-refractivity contribution < 1.29 is 23.5 Å². The van der Waals surface area contributed by atoms with Gasteiger partial charge < -0.3 is 19.6 Å². The van der Waals surface area contributed by atoms with E-state index in [1.165, 1.54) is 12.1 Å². The topological polar surface area (TPSA) is 69.2 Å². The lowest BCUT2D eigenvalue weighted by atomic mass is 9.74. The predicted molar refractivity (Wildman–Crippen MR) is 102 cm³/mol. The summed E-state index contributed by atoms with van der Waals surface area (Å²) in [5.41, 5.74) is 0.937. The molecule has 3 aliphatic heterocycles. The summed E-state index contributed by atoms with van der Waals surface area (Å²) >= 11 is 0. The molecular weight excluding hydrogens is 363 g/mol. The molecule has 3 aliphatic rings. The molecule has 1 amide bonds. The Bertz CT molecular complexity index is 727. The van der Waals surface area contributed by atoms with E-state index in [4.69, 9.17) is 14.3 Å². The third kappa shape index (κ3) is 4.36. The number of carbonyl (C=O) groups excluding carboxylic acids is 1. The van der Waals surface area contributed by atoms with Crippen molar-refractivity contribution >= 4 is 11.6 Å². The minimum atomic E-state index is -0.519. The fourth-order valence-electron chi connectivity index (χ4n) is 4.30. The van der Waals surface area contributed by atoms with Crippen molar-refractivity contribution in [2.24, 2.45) is 10.6 Å². The third-order valence-electron chi connectivity index (χ3n) is 5.96. The first-order chi connectivity index (χ1) is 13.6. The Hall–Kier alpha value is -1.99. The maximum Gasteiger partial charge on any atom is 0.226 e. The van der Waals surface area contributed by atoms with E-state index in [2.05, 4.69) is 10.5 Å². The van der Waals surface area contributed by atoms with Crippen molar-refractivity contribution in [3.05, 3.63) is 35.6 Å². The van der Waals surface area contributed by atoms with Crippen LogP contribution in [0.4, 0.5) is 4.39 Å². The highest BCUT2D eigenvalue weighted by Crippen LogP contribution is 2.38. The predicted octanol–water partition coefficient (Wildman–Crippen LogP) is 2.80. The van der Waals surface area contributed by atoms with Gasteiger partial charge in [-0.25, -0.2) is 4.39 Å². The average Bonchev–Trinajstić information content (AvgIpc) is 3.39. The van der Waals surface area contributed by atoms with Gasteiger partial charge in [0.05, 0.1) is 17.2 Å². The van der Waals surface area contributed by atoms with E-state index in [9.17, 15) is 9.18 Å². The quantitative estimate of drug-likeness (QED) is 0.811. The highest BCUT2D eigenvalue weighted by Gasteiger charge is 2.43. The highest BCUT2D eigenvalue weighted by atomic mass is 19.1. The molecule has 1 aromatic rings. The number of ether oxygens (including phenoxy) is 2. The lowest BCUT2D eigenvalue weighted by molar-refractivity contribution is -0.140. The van der Waals surface area contributed by atoms with Crippen molar-refractivity contribution in [1.82, 2.24) is 5.32 Å². The number of nitrogens with one attached hydrogen (secondary N) is 1. The number of hydrogen-bond acceptors (Lipinski definition) is 5. The fourth-order valence-corrected chi connectivity index (χ4v) is 4.30. The summed E-state index contributed by atoms with van der Waals surface area (Å²) in [6.07, 6.45) is 4.46. The van der Waals surface area contributed by atoms with E-state index in [-0.39, 0.29) is 23.9 Å². The van der Waals surface area contributed by atoms with Crippen LogP contribution in [0.3, 0.4) is 0 Å². The zero-order valence-corrected chi connectivity index (χ0v) is 16.0. The van der Waals surface area contributed by atoms with E-state index in [0.717, 1.165) is 30.7 Å². The molecule has 0 unspecified atom stereocenters. The summed E-state index contributed by atoms with van der Waals surface area (Å²) in [6.45, 7) is 2.46. The van der Waals surface area contributed by atoms with Crippen molar-refractivity contribution in [1.29, 1.82) is 0 Å². The molecule has 2 atom stereocenters. The minimum Gasteiger partial charge on any atom is -0.392 e. The maximum absolute atomic E-state index is 13.5. The van der Waals surface area contributed by atoms with Crippen LogP contribution in [0.2, 0.25) is 0 Å². The molecule has 152 valence electrons. The Morgan fingerprint density at radius 3 is 2.86 bits per heavy atom. The molecule has 0 aliphatic carbocycles. The Morgan fingerprint density at radius 1 is 1.25 bits per heavy atom. The molecule has 0 aromatic heterocycles. The Morgan fingerprint density at radius 2 is 2.11 bits per heavy atom. The molecule has 4 rings (SSSR count). The molecule has 0 spiro atoms. The molecule has 2 saturated heterocycles. The van der Waals surface area contributed by atoms with E-state index < -0.39 is 5.41 Å². The normalized spacial score (nSPS) is 26.5. The van der Waals surface area contributed by atoms with Gasteiger partial charge in [0.15, 0.2) is 0 Å². The maximum atomic E-state index is 13.5. The van der Waals surface area contributed by atoms with Crippen LogP contribution in [0.25, 0.3) is 0 Å². The summed E-state index contributed by atoms with van der Waals surface area (Å²) in [7, 11) is 0. The highest BCUT2D eigenvalue weighted by molar-refractivity contribution is 6.01. The van der Waals surface area contributed by atoms with Crippen LogP contribution in [0.15, 0.2) is 29.4 Å². The van der Waals surface area contributed by atoms with Crippen molar-refractivity contribution in [2.45, 2.75) is 50.7 Å². The second-order valence-electron chi connectivity index (χ2n) is 7.92. The standard InChI is InChI=1S/C21H27FN2O4/c22-16-4-1-3-15(11-16)19-12-18(28-24-19)13-21(6-9-26-10-7-21)20(25)23-14-17-5-2-8-27-17/h1,3-4,11,17-18H,2,5-10,12-14H2,(H,23,25)/t17-,18+/m1/s1. The number of halogens is 1. The number of nitrogens with zero attached hydrogens (tertiary/aromatic N) is 1. The number of carbonyl (C=O) groups is 1. The number of hydrogen-bond donors (Lipinski definition) is 1. The summed E-state index contributed by atoms with van der Waals surface area (Å²) in [4.78, 5) is 18.7. The SMILES string of the molecule is O=C(NC[C@H]1CCCO1)C1(C[C@@H]2CC(c3cccc(F)c3)=NO2)CCOCC1. The largest absolute Gasteiger partial charge is 0.392 e. The first-order valence-corrected chi connectivity index (χ1v) is 10.1. The monoisotopic (exact) mass is 390 g/mol. The molecule has 7 heteroatoms. The van der Waals surface area contributed by atoms with Gasteiger partial charge >= 0.3 is 0 Å². The molecule has 28 heavy (non-hydrogen) atoms. The molecule has 0 radical (unpaired) electrons. The molecule has 0 saturated carbocycles. The van der Waals surface area contributed by atoms with Gasteiger partial charge in [-0.2, -0.15) is 0 Å². The lowest BCUT2D eigenvalue weighted by Crippen LogP contribution is -2.48. The van der Waals surface area contributed by atoms with Gasteiger partial charge in [0.25, 0.3) is 0 Å². The molecule has 6 nitrogen and oxygen atoms in total. The molecule has 1 aromatic carbocycles. The minimum absolute atomic E-state index is 0.0501. The molecule has 0 bridgehead atoms. The van der Waals surface area contributed by atoms with E-state index in [1.807, 2.05) is 6.07 Å². The molecule has 1 N–H and O–H groups in total. The lowest BCUT2D eigenvalue weighted by Gasteiger charge is -2.37. The van der Waals surface area contributed by atoms with Crippen molar-refractivity contribution in [3.63, 3.8) is 0 Å². The second-order valence-corrected chi connectivity index (χ2v) is 7.92. The van der Waals surface area contributed by atoms with Gasteiger partial charge in [-0.1, -0.05) is 17.3 Å². The Kier molecular flexibility index (Phi) is 5.92. The fraction of sp³-hybridized carbons (Fsp3) is 0.619. The zero-order chi connectivity index (χ0) is 19.4. The van der Waals surface area contributed by atoms with Gasteiger partial charge in [-0.3, -0.25) is 4.79 Å². The second kappa shape index (κ2) is 8.57. The van der Waals surface area contributed by atoms with Gasteiger partial charge in [-0.05, 0) is 37.8 Å². The summed E-state index contributed by atoms with van der Waals surface area (Å²) in [5, 5.41) is 7.26. The van der Waals surface area contributed by atoms with Gasteiger partial charge in [0, 0.05) is 44.8 Å². The van der Waals surface area contributed by atoms with E-state index in [1.54, 1.807) is 6.07 Å². The number of benzene rings is 1. The number of oxime groups is 1. The summed E-state index contributed by atoms with van der Waals surface area (Å²) in [5.74, 6) is -0.243. The Balaban J connectivity index is 1.38. The van der Waals surface area contributed by atoms with Crippen LogP contribution in [-0.4, -0.2) is 50.2 Å². The summed E-state index contributed by atoms with van der Waals surface area (Å²) in [6, 6.07) is 6.36. The van der Waals surface area contributed by atoms with Gasteiger partial charge in [0.2, 0.25) is 5.91 Å². The Labute approximate surface area is 164 Å². The van der Waals surface area contributed by atoms with E-state index in [0.29, 0.717) is 45.4 Å². The number of amides is 1. The van der Waals surface area contributed by atoms with Crippen molar-refractivity contribution in [2.75, 3.05) is 26.4 Å². The van der Waals surface area contributed by atoms with Crippen LogP contribution in [0.1, 0.15) is 44.1 Å². The molecule has 2 fully saturated rings. The average molecular weight is 390 g/mol. The van der Waals surface area contributed by atoms with Crippen LogP contribution in [-0.2, 0) is 19.1 Å². The van der Waals surface area contributed by atoms with Crippen molar-refractivity contribution in [3.8, 4) is 0 Å². The third-order valence-corrected chi connectivity index (χ3v) is 5.96. The zero-order valence-electron chi connectivity index (χ0n) is 16.0. The molecule has 3 heterocycles. The summed E-state index contributed by atoms with van der Waals surface area (Å²) < 4.78 is 24.6. The van der Waals surface area contributed by atoms with E-state index >= 15 is 0 Å². The van der Waals surface area contributed by atoms with Crippen LogP contribution in [0, 0.1) is 11.2 Å². The first-order valence-electron chi connectivity index (χ1n) is 10.1. The van der Waals surface area contributed by atoms with Crippen LogP contribution >= 0.6 is 0 Å². The molecular formula is C21H27FN2O4. The smallest absolute Gasteiger partial charge is 0.226 e. The van der Waals surface area contributed by atoms with Crippen LogP contribution in [0.5, 0.6) is 0 Å².